The lowest BCUT2D eigenvalue weighted by Gasteiger charge is -2.42. The van der Waals surface area contributed by atoms with Crippen LogP contribution in [-0.2, 0) is 9.53 Å². The fraction of sp³-hybridized carbons (Fsp3) is 0.824. The highest BCUT2D eigenvalue weighted by atomic mass is 32.2. The van der Waals surface area contributed by atoms with E-state index in [-0.39, 0.29) is 17.0 Å². The van der Waals surface area contributed by atoms with E-state index in [1.54, 1.807) is 0 Å². The Balaban J connectivity index is 1.61. The van der Waals surface area contributed by atoms with Gasteiger partial charge in [-0.05, 0) is 64.2 Å². The minimum atomic E-state index is -0.370. The first-order chi connectivity index (χ1) is 9.29. The van der Waals surface area contributed by atoms with Crippen LogP contribution in [0.3, 0.4) is 0 Å². The molecule has 3 heteroatoms. The quantitative estimate of drug-likeness (QED) is 0.545. The van der Waals surface area contributed by atoms with Crippen molar-refractivity contribution in [3.8, 4) is 0 Å². The number of ether oxygens (including phenoxy) is 1. The molecule has 0 amide bonds. The molecule has 2 aliphatic heterocycles. The van der Waals surface area contributed by atoms with Gasteiger partial charge in [0.2, 0.25) is 0 Å². The third-order valence-corrected chi connectivity index (χ3v) is 7.51. The maximum Gasteiger partial charge on any atom is 0.312 e. The van der Waals surface area contributed by atoms with E-state index in [4.69, 9.17) is 4.74 Å². The molecule has 7 unspecified atom stereocenters. The van der Waals surface area contributed by atoms with E-state index in [2.05, 4.69) is 30.8 Å². The van der Waals surface area contributed by atoms with Crippen molar-refractivity contribution in [2.45, 2.75) is 56.6 Å². The molecule has 0 aromatic heterocycles. The van der Waals surface area contributed by atoms with Crippen molar-refractivity contribution in [3.63, 3.8) is 0 Å². The zero-order valence-electron chi connectivity index (χ0n) is 12.8. The molecule has 3 fully saturated rings. The van der Waals surface area contributed by atoms with Crippen LogP contribution in [0.4, 0.5) is 0 Å². The summed E-state index contributed by atoms with van der Waals surface area (Å²) in [7, 11) is 0. The maximum absolute atomic E-state index is 12.7. The maximum atomic E-state index is 12.7. The van der Waals surface area contributed by atoms with E-state index in [0.29, 0.717) is 11.2 Å². The zero-order valence-corrected chi connectivity index (χ0v) is 13.6. The van der Waals surface area contributed by atoms with Crippen molar-refractivity contribution >= 4 is 17.7 Å². The molecule has 0 aromatic rings. The Morgan fingerprint density at radius 2 is 1.90 bits per heavy atom. The molecule has 0 N–H and O–H groups in total. The fourth-order valence-corrected chi connectivity index (χ4v) is 7.18. The summed E-state index contributed by atoms with van der Waals surface area (Å²) in [5, 5.41) is 1.41. The van der Waals surface area contributed by atoms with Gasteiger partial charge in [-0.15, -0.1) is 11.8 Å². The first-order valence-corrected chi connectivity index (χ1v) is 8.81. The molecule has 4 bridgehead atoms. The van der Waals surface area contributed by atoms with Crippen LogP contribution in [-0.4, -0.2) is 22.1 Å². The Morgan fingerprint density at radius 3 is 2.55 bits per heavy atom. The van der Waals surface area contributed by atoms with E-state index < -0.39 is 0 Å². The van der Waals surface area contributed by atoms with Gasteiger partial charge in [-0.3, -0.25) is 4.79 Å². The number of rotatable bonds is 1. The monoisotopic (exact) mass is 292 g/mol. The van der Waals surface area contributed by atoms with Gasteiger partial charge in [0.25, 0.3) is 0 Å². The van der Waals surface area contributed by atoms with Crippen molar-refractivity contribution in [3.05, 3.63) is 12.2 Å². The van der Waals surface area contributed by atoms with Gasteiger partial charge in [0, 0.05) is 10.5 Å². The molecule has 2 saturated carbocycles. The van der Waals surface area contributed by atoms with Gasteiger partial charge < -0.3 is 4.74 Å². The van der Waals surface area contributed by atoms with Gasteiger partial charge in [0.1, 0.15) is 5.60 Å². The van der Waals surface area contributed by atoms with E-state index >= 15 is 0 Å². The van der Waals surface area contributed by atoms with Crippen LogP contribution in [0, 0.1) is 29.1 Å². The van der Waals surface area contributed by atoms with E-state index in [0.717, 1.165) is 29.4 Å². The predicted molar refractivity (Wildman–Crippen MR) is 81.5 cm³/mol. The second kappa shape index (κ2) is 3.85. The standard InChI is InChI=1S/C17H24O2S/c1-16(2,3)19-15(18)17(4)8-9-7-10(17)14-12-6-5-11(20-12)13(9)14/h5-6,9-14H,7-8H2,1-4H3. The molecule has 4 rings (SSSR count). The number of hydrogen-bond donors (Lipinski definition) is 0. The van der Waals surface area contributed by atoms with Crippen molar-refractivity contribution in [2.24, 2.45) is 29.1 Å². The third kappa shape index (κ3) is 1.62. The SMILES string of the molecule is CC(C)(C)OC(=O)C1(C)CC2CC1C1C3C=CC(S3)C21. The Kier molecular flexibility index (Phi) is 2.55. The first-order valence-electron chi connectivity index (χ1n) is 7.87. The van der Waals surface area contributed by atoms with E-state index in [1.807, 2.05) is 20.8 Å². The largest absolute Gasteiger partial charge is 0.460 e. The van der Waals surface area contributed by atoms with Crippen LogP contribution in [0.1, 0.15) is 40.5 Å². The molecule has 20 heavy (non-hydrogen) atoms. The van der Waals surface area contributed by atoms with Gasteiger partial charge in [0.15, 0.2) is 0 Å². The zero-order chi connectivity index (χ0) is 14.3. The molecule has 2 heterocycles. The number of fused-ring (bicyclic) bond motifs is 9. The van der Waals surface area contributed by atoms with Crippen LogP contribution in [0.2, 0.25) is 0 Å². The number of hydrogen-bond acceptors (Lipinski definition) is 3. The predicted octanol–water partition coefficient (Wildman–Crippen LogP) is 3.66. The molecule has 2 aliphatic carbocycles. The lowest BCUT2D eigenvalue weighted by Crippen LogP contribution is -2.46. The molecule has 2 nitrogen and oxygen atoms in total. The number of carbonyl (C=O) groups is 1. The van der Waals surface area contributed by atoms with Gasteiger partial charge in [0.05, 0.1) is 5.41 Å². The van der Waals surface area contributed by atoms with Crippen molar-refractivity contribution in [2.75, 3.05) is 0 Å². The third-order valence-electron chi connectivity index (χ3n) is 5.94. The van der Waals surface area contributed by atoms with Crippen LogP contribution >= 0.6 is 11.8 Å². The Hall–Kier alpha value is -0.440. The first kappa shape index (κ1) is 13.2. The van der Waals surface area contributed by atoms with E-state index in [9.17, 15) is 4.79 Å². The summed E-state index contributed by atoms with van der Waals surface area (Å²) >= 11 is 2.13. The number of carbonyl (C=O) groups excluding carboxylic acids is 1. The van der Waals surface area contributed by atoms with Crippen molar-refractivity contribution in [1.82, 2.24) is 0 Å². The van der Waals surface area contributed by atoms with Gasteiger partial charge in [-0.1, -0.05) is 12.2 Å². The molecule has 7 atom stereocenters. The average molecular weight is 292 g/mol. The minimum absolute atomic E-state index is 0.0488. The normalized spacial score (nSPS) is 51.6. The average Bonchev–Trinajstić information content (AvgIpc) is 3.02. The summed E-state index contributed by atoms with van der Waals surface area (Å²) in [6.45, 7) is 8.09. The van der Waals surface area contributed by atoms with Gasteiger partial charge >= 0.3 is 5.97 Å². The van der Waals surface area contributed by atoms with Gasteiger partial charge in [-0.2, -0.15) is 0 Å². The highest BCUT2D eigenvalue weighted by Crippen LogP contribution is 2.70. The highest BCUT2D eigenvalue weighted by molar-refractivity contribution is 8.01. The second-order valence-corrected chi connectivity index (χ2v) is 9.69. The topological polar surface area (TPSA) is 26.3 Å². The Labute approximate surface area is 125 Å². The summed E-state index contributed by atoms with van der Waals surface area (Å²) in [5.74, 6) is 2.91. The van der Waals surface area contributed by atoms with E-state index in [1.165, 1.54) is 6.42 Å². The van der Waals surface area contributed by atoms with Crippen LogP contribution in [0.25, 0.3) is 0 Å². The highest BCUT2D eigenvalue weighted by Gasteiger charge is 2.67. The molecule has 0 spiro atoms. The Bertz CT molecular complexity index is 492. The molecule has 1 saturated heterocycles. The summed E-state index contributed by atoms with van der Waals surface area (Å²) in [4.78, 5) is 12.7. The molecule has 110 valence electrons. The lowest BCUT2D eigenvalue weighted by molar-refractivity contribution is -0.172. The summed E-state index contributed by atoms with van der Waals surface area (Å²) in [6, 6.07) is 0. The lowest BCUT2D eigenvalue weighted by atomic mass is 9.63. The second-order valence-electron chi connectivity index (χ2n) is 8.33. The van der Waals surface area contributed by atoms with Crippen molar-refractivity contribution in [1.29, 1.82) is 0 Å². The molecular formula is C17H24O2S. The molecular weight excluding hydrogens is 268 g/mol. The minimum Gasteiger partial charge on any atom is -0.460 e. The van der Waals surface area contributed by atoms with Crippen LogP contribution < -0.4 is 0 Å². The Morgan fingerprint density at radius 1 is 1.25 bits per heavy atom. The summed E-state index contributed by atoms with van der Waals surface area (Å²) in [5.41, 5.74) is -0.608. The summed E-state index contributed by atoms with van der Waals surface area (Å²) in [6.07, 6.45) is 7.11. The summed E-state index contributed by atoms with van der Waals surface area (Å²) < 4.78 is 5.74. The molecule has 0 radical (unpaired) electrons. The van der Waals surface area contributed by atoms with Gasteiger partial charge in [-0.25, -0.2) is 0 Å². The number of esters is 1. The molecule has 4 aliphatic rings. The fourth-order valence-electron chi connectivity index (χ4n) is 5.32. The smallest absolute Gasteiger partial charge is 0.312 e. The molecule has 0 aromatic carbocycles. The van der Waals surface area contributed by atoms with Crippen molar-refractivity contribution < 1.29 is 9.53 Å². The number of thioether (sulfide) groups is 1. The van der Waals surface area contributed by atoms with Crippen LogP contribution in [0.15, 0.2) is 12.2 Å². The van der Waals surface area contributed by atoms with Crippen LogP contribution in [0.5, 0.6) is 0 Å².